The molecule has 0 amide bonds. The van der Waals surface area contributed by atoms with Gasteiger partial charge in [0.05, 0.1) is 6.61 Å². The Labute approximate surface area is 126 Å². The quantitative estimate of drug-likeness (QED) is 0.638. The largest absolute Gasteiger partial charge is 0.493 e. The predicted octanol–water partition coefficient (Wildman–Crippen LogP) is 5.08. The minimum absolute atomic E-state index is 0.299. The summed E-state index contributed by atoms with van der Waals surface area (Å²) in [6, 6.07) is 6.53. The van der Waals surface area contributed by atoms with Crippen LogP contribution in [0.4, 0.5) is 0 Å². The zero-order valence-electron chi connectivity index (χ0n) is 12.3. The van der Waals surface area contributed by atoms with Gasteiger partial charge in [-0.2, -0.15) is 0 Å². The molecule has 0 heterocycles. The number of benzene rings is 1. The van der Waals surface area contributed by atoms with Crippen LogP contribution >= 0.6 is 15.9 Å². The second kappa shape index (κ2) is 9.38. The van der Waals surface area contributed by atoms with Crippen LogP contribution in [0.25, 0.3) is 0 Å². The maximum absolute atomic E-state index is 5.93. The maximum atomic E-state index is 5.93. The molecular weight excluding hydrogens is 302 g/mol. The summed E-state index contributed by atoms with van der Waals surface area (Å²) in [5, 5.41) is 3.27. The maximum Gasteiger partial charge on any atom is 0.124 e. The van der Waals surface area contributed by atoms with Crippen LogP contribution in [-0.2, 0) is 0 Å². The zero-order valence-corrected chi connectivity index (χ0v) is 13.9. The normalized spacial score (nSPS) is 12.4. The van der Waals surface area contributed by atoms with Crippen molar-refractivity contribution >= 4 is 15.9 Å². The van der Waals surface area contributed by atoms with Crippen molar-refractivity contribution in [2.75, 3.05) is 13.7 Å². The Kier molecular flexibility index (Phi) is 8.15. The first-order chi connectivity index (χ1) is 9.19. The monoisotopic (exact) mass is 327 g/mol. The van der Waals surface area contributed by atoms with E-state index < -0.39 is 0 Å². The van der Waals surface area contributed by atoms with Crippen molar-refractivity contribution in [2.45, 2.75) is 52.0 Å². The van der Waals surface area contributed by atoms with Gasteiger partial charge in [-0.1, -0.05) is 48.5 Å². The second-order valence-corrected chi connectivity index (χ2v) is 5.87. The molecule has 0 aliphatic rings. The highest BCUT2D eigenvalue weighted by atomic mass is 79.9. The van der Waals surface area contributed by atoms with Gasteiger partial charge < -0.3 is 10.1 Å². The molecule has 108 valence electrons. The smallest absolute Gasteiger partial charge is 0.124 e. The van der Waals surface area contributed by atoms with Crippen LogP contribution in [0.1, 0.15) is 57.6 Å². The standard InChI is InChI=1S/C16H26BrNO/c1-4-5-6-7-8-11-19-16-10-9-14(17)12-15(16)13(2)18-3/h9-10,12-13,18H,4-8,11H2,1-3H3. The van der Waals surface area contributed by atoms with E-state index in [1.165, 1.54) is 31.2 Å². The van der Waals surface area contributed by atoms with Gasteiger partial charge in [-0.3, -0.25) is 0 Å². The predicted molar refractivity (Wildman–Crippen MR) is 85.9 cm³/mol. The van der Waals surface area contributed by atoms with E-state index in [4.69, 9.17) is 4.74 Å². The number of ether oxygens (including phenoxy) is 1. The SMILES string of the molecule is CCCCCCCOc1ccc(Br)cc1C(C)NC. The van der Waals surface area contributed by atoms with Crippen molar-refractivity contribution in [2.24, 2.45) is 0 Å². The van der Waals surface area contributed by atoms with Crippen LogP contribution in [0.2, 0.25) is 0 Å². The van der Waals surface area contributed by atoms with Crippen LogP contribution in [-0.4, -0.2) is 13.7 Å². The Morgan fingerprint density at radius 2 is 1.95 bits per heavy atom. The van der Waals surface area contributed by atoms with Crippen molar-refractivity contribution in [1.82, 2.24) is 5.32 Å². The van der Waals surface area contributed by atoms with Crippen LogP contribution in [0.5, 0.6) is 5.75 Å². The Morgan fingerprint density at radius 1 is 1.21 bits per heavy atom. The number of hydrogen-bond donors (Lipinski definition) is 1. The average molecular weight is 328 g/mol. The summed E-state index contributed by atoms with van der Waals surface area (Å²) in [5.41, 5.74) is 1.21. The molecule has 0 aliphatic carbocycles. The third-order valence-corrected chi connectivity index (χ3v) is 3.87. The second-order valence-electron chi connectivity index (χ2n) is 4.96. The highest BCUT2D eigenvalue weighted by Gasteiger charge is 2.10. The third kappa shape index (κ3) is 5.96. The Bertz CT molecular complexity index is 368. The molecule has 1 rings (SSSR count). The fourth-order valence-electron chi connectivity index (χ4n) is 2.03. The van der Waals surface area contributed by atoms with Crippen molar-refractivity contribution in [3.05, 3.63) is 28.2 Å². The molecule has 0 radical (unpaired) electrons. The summed E-state index contributed by atoms with van der Waals surface area (Å²) in [6.45, 7) is 5.20. The molecule has 0 aromatic heterocycles. The average Bonchev–Trinajstić information content (AvgIpc) is 2.43. The first-order valence-corrected chi connectivity index (χ1v) is 8.07. The molecule has 0 saturated carbocycles. The highest BCUT2D eigenvalue weighted by Crippen LogP contribution is 2.28. The van der Waals surface area contributed by atoms with E-state index in [0.29, 0.717) is 6.04 Å². The minimum Gasteiger partial charge on any atom is -0.493 e. The minimum atomic E-state index is 0.299. The van der Waals surface area contributed by atoms with Crippen molar-refractivity contribution in [1.29, 1.82) is 0 Å². The van der Waals surface area contributed by atoms with E-state index in [1.807, 2.05) is 13.1 Å². The van der Waals surface area contributed by atoms with Gasteiger partial charge in [-0.25, -0.2) is 0 Å². The molecule has 1 atom stereocenters. The van der Waals surface area contributed by atoms with Gasteiger partial charge in [0.2, 0.25) is 0 Å². The van der Waals surface area contributed by atoms with E-state index in [-0.39, 0.29) is 0 Å². The Morgan fingerprint density at radius 3 is 2.63 bits per heavy atom. The van der Waals surface area contributed by atoms with E-state index >= 15 is 0 Å². The van der Waals surface area contributed by atoms with Crippen LogP contribution in [0, 0.1) is 0 Å². The molecular formula is C16H26BrNO. The molecule has 1 unspecified atom stereocenters. The Balaban J connectivity index is 2.48. The van der Waals surface area contributed by atoms with Crippen molar-refractivity contribution in [3.8, 4) is 5.75 Å². The van der Waals surface area contributed by atoms with Crippen molar-refractivity contribution < 1.29 is 4.74 Å². The van der Waals surface area contributed by atoms with E-state index in [9.17, 15) is 0 Å². The van der Waals surface area contributed by atoms with E-state index in [0.717, 1.165) is 23.2 Å². The zero-order chi connectivity index (χ0) is 14.1. The number of halogens is 1. The molecule has 1 aromatic carbocycles. The van der Waals surface area contributed by atoms with Gasteiger partial charge in [-0.15, -0.1) is 0 Å². The van der Waals surface area contributed by atoms with Crippen LogP contribution < -0.4 is 10.1 Å². The van der Waals surface area contributed by atoms with E-state index in [2.05, 4.69) is 47.2 Å². The number of hydrogen-bond acceptors (Lipinski definition) is 2. The van der Waals surface area contributed by atoms with E-state index in [1.54, 1.807) is 0 Å². The lowest BCUT2D eigenvalue weighted by Crippen LogP contribution is -2.14. The van der Waals surface area contributed by atoms with Crippen LogP contribution in [0.15, 0.2) is 22.7 Å². The fourth-order valence-corrected chi connectivity index (χ4v) is 2.41. The van der Waals surface area contributed by atoms with Gasteiger partial charge in [0, 0.05) is 16.1 Å². The molecule has 0 spiro atoms. The van der Waals surface area contributed by atoms with Crippen LogP contribution in [0.3, 0.4) is 0 Å². The number of rotatable bonds is 9. The Hall–Kier alpha value is -0.540. The lowest BCUT2D eigenvalue weighted by atomic mass is 10.1. The first-order valence-electron chi connectivity index (χ1n) is 7.28. The molecule has 1 aromatic rings. The lowest BCUT2D eigenvalue weighted by molar-refractivity contribution is 0.299. The topological polar surface area (TPSA) is 21.3 Å². The highest BCUT2D eigenvalue weighted by molar-refractivity contribution is 9.10. The third-order valence-electron chi connectivity index (χ3n) is 3.38. The van der Waals surface area contributed by atoms with Gasteiger partial charge in [0.15, 0.2) is 0 Å². The molecule has 0 aliphatic heterocycles. The lowest BCUT2D eigenvalue weighted by Gasteiger charge is -2.17. The molecule has 0 fully saturated rings. The summed E-state index contributed by atoms with van der Waals surface area (Å²) in [5.74, 6) is 1.00. The summed E-state index contributed by atoms with van der Waals surface area (Å²) in [7, 11) is 1.97. The van der Waals surface area contributed by atoms with Gasteiger partial charge in [0.25, 0.3) is 0 Å². The summed E-state index contributed by atoms with van der Waals surface area (Å²) in [4.78, 5) is 0. The van der Waals surface area contributed by atoms with Gasteiger partial charge in [-0.05, 0) is 38.6 Å². The molecule has 2 nitrogen and oxygen atoms in total. The molecule has 0 bridgehead atoms. The number of nitrogens with one attached hydrogen (secondary N) is 1. The van der Waals surface area contributed by atoms with Gasteiger partial charge in [0.1, 0.15) is 5.75 Å². The summed E-state index contributed by atoms with van der Waals surface area (Å²) >= 11 is 3.52. The molecule has 1 N–H and O–H groups in total. The van der Waals surface area contributed by atoms with Crippen molar-refractivity contribution in [3.63, 3.8) is 0 Å². The summed E-state index contributed by atoms with van der Waals surface area (Å²) < 4.78 is 7.03. The van der Waals surface area contributed by atoms with Gasteiger partial charge >= 0.3 is 0 Å². The molecule has 19 heavy (non-hydrogen) atoms. The summed E-state index contributed by atoms with van der Waals surface area (Å²) in [6.07, 6.45) is 6.35. The fraction of sp³-hybridized carbons (Fsp3) is 0.625. The molecule has 3 heteroatoms. The first kappa shape index (κ1) is 16.5. The number of unbranched alkanes of at least 4 members (excludes halogenated alkanes) is 4. The molecule has 0 saturated heterocycles.